The zero-order valence-corrected chi connectivity index (χ0v) is 22.0. The third-order valence-corrected chi connectivity index (χ3v) is 5.65. The molecule has 0 unspecified atom stereocenters. The van der Waals surface area contributed by atoms with E-state index >= 15 is 0 Å². The SMILES string of the molecule is CNC(=O)c1cc(Oc2nccc(OCCCC(C)(C)C)c2C(F)(F)F)ccc1NCc1ccc(F)cc1F. The highest BCUT2D eigenvalue weighted by atomic mass is 19.4. The number of anilines is 1. The summed E-state index contributed by atoms with van der Waals surface area (Å²) in [4.78, 5) is 16.3. The number of rotatable bonds is 10. The van der Waals surface area contributed by atoms with Crippen molar-refractivity contribution >= 4 is 11.6 Å². The van der Waals surface area contributed by atoms with Crippen LogP contribution in [0.5, 0.6) is 17.4 Å². The second kappa shape index (κ2) is 12.3. The molecule has 39 heavy (non-hydrogen) atoms. The summed E-state index contributed by atoms with van der Waals surface area (Å²) in [6.07, 6.45) is -2.35. The Bertz CT molecular complexity index is 1310. The second-order valence-corrected chi connectivity index (χ2v) is 9.98. The Hall–Kier alpha value is -3.89. The van der Waals surface area contributed by atoms with Crippen LogP contribution in [0.15, 0.2) is 48.7 Å². The number of hydrogen-bond donors (Lipinski definition) is 2. The molecule has 0 saturated heterocycles. The van der Waals surface area contributed by atoms with Gasteiger partial charge in [-0.05, 0) is 48.6 Å². The largest absolute Gasteiger partial charge is 0.493 e. The number of carbonyl (C=O) groups excluding carboxylic acids is 1. The van der Waals surface area contributed by atoms with Gasteiger partial charge >= 0.3 is 6.18 Å². The number of aromatic nitrogens is 1. The fourth-order valence-corrected chi connectivity index (χ4v) is 3.70. The highest BCUT2D eigenvalue weighted by molar-refractivity contribution is 5.99. The topological polar surface area (TPSA) is 72.5 Å². The number of nitrogens with zero attached hydrogens (tertiary/aromatic N) is 1. The average molecular weight is 552 g/mol. The molecule has 0 bridgehead atoms. The summed E-state index contributed by atoms with van der Waals surface area (Å²) in [7, 11) is 1.38. The van der Waals surface area contributed by atoms with Gasteiger partial charge in [-0.3, -0.25) is 4.79 Å². The lowest BCUT2D eigenvalue weighted by Crippen LogP contribution is -2.20. The maximum atomic E-state index is 14.0. The van der Waals surface area contributed by atoms with Gasteiger partial charge in [-0.2, -0.15) is 13.2 Å². The van der Waals surface area contributed by atoms with Gasteiger partial charge < -0.3 is 20.1 Å². The van der Waals surface area contributed by atoms with Crippen molar-refractivity contribution in [3.8, 4) is 17.4 Å². The van der Waals surface area contributed by atoms with Crippen LogP contribution in [-0.2, 0) is 12.7 Å². The Morgan fingerprint density at radius 1 is 1.03 bits per heavy atom. The third kappa shape index (κ3) is 8.30. The maximum absolute atomic E-state index is 14.0. The van der Waals surface area contributed by atoms with Gasteiger partial charge in [0, 0.05) is 37.1 Å². The average Bonchev–Trinajstić information content (AvgIpc) is 2.85. The first-order valence-corrected chi connectivity index (χ1v) is 12.2. The molecule has 2 aromatic carbocycles. The molecular formula is C28H30F5N3O3. The van der Waals surface area contributed by atoms with Crippen LogP contribution in [-0.4, -0.2) is 24.5 Å². The standard InChI is InChI=1S/C28H30F5N3O3/c1-27(2,3)11-5-13-38-23-10-12-35-26(24(23)28(31,32)33)39-19-8-9-22(20(15-19)25(37)34-4)36-16-17-6-7-18(29)14-21(17)30/h6-10,12,14-15,36H,5,11,13,16H2,1-4H3,(H,34,37). The van der Waals surface area contributed by atoms with E-state index in [4.69, 9.17) is 9.47 Å². The minimum Gasteiger partial charge on any atom is -0.493 e. The van der Waals surface area contributed by atoms with Crippen LogP contribution in [0, 0.1) is 17.0 Å². The van der Waals surface area contributed by atoms with E-state index in [1.807, 2.05) is 20.8 Å². The molecule has 0 spiro atoms. The monoisotopic (exact) mass is 551 g/mol. The number of pyridine rings is 1. The zero-order valence-electron chi connectivity index (χ0n) is 22.0. The molecule has 0 saturated carbocycles. The van der Waals surface area contributed by atoms with Gasteiger partial charge in [-0.25, -0.2) is 13.8 Å². The molecule has 0 fully saturated rings. The molecular weight excluding hydrogens is 521 g/mol. The number of amides is 1. The van der Waals surface area contributed by atoms with E-state index < -0.39 is 40.9 Å². The van der Waals surface area contributed by atoms with Crippen molar-refractivity contribution in [1.29, 1.82) is 0 Å². The molecule has 210 valence electrons. The van der Waals surface area contributed by atoms with Crippen molar-refractivity contribution in [2.24, 2.45) is 5.41 Å². The van der Waals surface area contributed by atoms with E-state index in [-0.39, 0.29) is 41.1 Å². The molecule has 0 aliphatic rings. The van der Waals surface area contributed by atoms with E-state index in [0.29, 0.717) is 6.42 Å². The van der Waals surface area contributed by atoms with Crippen molar-refractivity contribution in [3.63, 3.8) is 0 Å². The molecule has 1 heterocycles. The number of carbonyl (C=O) groups is 1. The Kier molecular flexibility index (Phi) is 9.36. The predicted octanol–water partition coefficient (Wildman–Crippen LogP) is 7.35. The molecule has 3 rings (SSSR count). The van der Waals surface area contributed by atoms with Gasteiger partial charge in [-0.15, -0.1) is 0 Å². The van der Waals surface area contributed by atoms with Gasteiger partial charge in [0.15, 0.2) is 5.56 Å². The first-order valence-electron chi connectivity index (χ1n) is 12.2. The lowest BCUT2D eigenvalue weighted by Gasteiger charge is -2.20. The molecule has 0 atom stereocenters. The van der Waals surface area contributed by atoms with Crippen LogP contribution in [0.4, 0.5) is 27.6 Å². The van der Waals surface area contributed by atoms with Crippen LogP contribution >= 0.6 is 0 Å². The van der Waals surface area contributed by atoms with E-state index in [2.05, 4.69) is 15.6 Å². The summed E-state index contributed by atoms with van der Waals surface area (Å²) in [5, 5.41) is 5.33. The van der Waals surface area contributed by atoms with Crippen molar-refractivity contribution in [1.82, 2.24) is 10.3 Å². The summed E-state index contributed by atoms with van der Waals surface area (Å²) in [5.41, 5.74) is -0.723. The number of halogens is 5. The second-order valence-electron chi connectivity index (χ2n) is 9.98. The molecule has 0 radical (unpaired) electrons. The van der Waals surface area contributed by atoms with Crippen molar-refractivity contribution in [2.45, 2.75) is 46.3 Å². The molecule has 11 heteroatoms. The number of alkyl halides is 3. The predicted molar refractivity (Wildman–Crippen MR) is 137 cm³/mol. The Labute approximate surface area is 223 Å². The van der Waals surface area contributed by atoms with Gasteiger partial charge in [-0.1, -0.05) is 26.8 Å². The summed E-state index contributed by atoms with van der Waals surface area (Å²) in [6.45, 7) is 6.09. The van der Waals surface area contributed by atoms with Crippen LogP contribution in [0.2, 0.25) is 0 Å². The number of benzene rings is 2. The highest BCUT2D eigenvalue weighted by Gasteiger charge is 2.39. The molecule has 1 aromatic heterocycles. The van der Waals surface area contributed by atoms with Crippen molar-refractivity contribution in [2.75, 3.05) is 19.0 Å². The summed E-state index contributed by atoms with van der Waals surface area (Å²) in [5.74, 6) is -3.29. The van der Waals surface area contributed by atoms with E-state index in [1.165, 1.54) is 31.3 Å². The summed E-state index contributed by atoms with van der Waals surface area (Å²) in [6, 6.07) is 8.21. The quantitative estimate of drug-likeness (QED) is 0.204. The van der Waals surface area contributed by atoms with Gasteiger partial charge in [0.2, 0.25) is 5.88 Å². The Morgan fingerprint density at radius 2 is 1.77 bits per heavy atom. The number of hydrogen-bond acceptors (Lipinski definition) is 5. The number of nitrogens with one attached hydrogen (secondary N) is 2. The zero-order chi connectivity index (χ0) is 28.8. The first-order chi connectivity index (χ1) is 18.3. The van der Waals surface area contributed by atoms with Crippen LogP contribution in [0.1, 0.15) is 55.1 Å². The molecule has 2 N–H and O–H groups in total. The minimum atomic E-state index is -4.83. The van der Waals surface area contributed by atoms with E-state index in [0.717, 1.165) is 30.8 Å². The van der Waals surface area contributed by atoms with Crippen molar-refractivity contribution < 1.29 is 36.2 Å². The molecule has 0 aliphatic carbocycles. The van der Waals surface area contributed by atoms with E-state index in [1.54, 1.807) is 0 Å². The van der Waals surface area contributed by atoms with E-state index in [9.17, 15) is 26.7 Å². The lowest BCUT2D eigenvalue weighted by atomic mass is 9.91. The van der Waals surface area contributed by atoms with Crippen molar-refractivity contribution in [3.05, 3.63) is 77.0 Å². The normalized spacial score (nSPS) is 11.7. The Morgan fingerprint density at radius 3 is 2.41 bits per heavy atom. The molecule has 0 aliphatic heterocycles. The van der Waals surface area contributed by atoms with Crippen LogP contribution in [0.25, 0.3) is 0 Å². The first kappa shape index (κ1) is 29.7. The van der Waals surface area contributed by atoms with Gasteiger partial charge in [0.05, 0.1) is 12.2 Å². The Balaban J connectivity index is 1.86. The lowest BCUT2D eigenvalue weighted by molar-refractivity contribution is -0.140. The minimum absolute atomic E-state index is 0.0133. The fraction of sp³-hybridized carbons (Fsp3) is 0.357. The molecule has 6 nitrogen and oxygen atoms in total. The third-order valence-electron chi connectivity index (χ3n) is 5.65. The molecule has 3 aromatic rings. The molecule has 1 amide bonds. The number of ether oxygens (including phenoxy) is 2. The van der Waals surface area contributed by atoms with Gasteiger partial charge in [0.1, 0.15) is 23.1 Å². The van der Waals surface area contributed by atoms with Gasteiger partial charge in [0.25, 0.3) is 5.91 Å². The fourth-order valence-electron chi connectivity index (χ4n) is 3.70. The summed E-state index contributed by atoms with van der Waals surface area (Å²) < 4.78 is 80.2. The van der Waals surface area contributed by atoms with Crippen LogP contribution < -0.4 is 20.1 Å². The maximum Gasteiger partial charge on any atom is 0.425 e. The highest BCUT2D eigenvalue weighted by Crippen LogP contribution is 2.43. The smallest absolute Gasteiger partial charge is 0.425 e. The van der Waals surface area contributed by atoms with Crippen LogP contribution in [0.3, 0.4) is 0 Å². The summed E-state index contributed by atoms with van der Waals surface area (Å²) >= 11 is 0.